The molecule has 0 unspecified atom stereocenters. The van der Waals surface area contributed by atoms with Gasteiger partial charge in [0.15, 0.2) is 0 Å². The molecule has 20 heavy (non-hydrogen) atoms. The Kier molecular flexibility index (Phi) is 4.58. The number of hydrogen-bond acceptors (Lipinski definition) is 5. The Morgan fingerprint density at radius 3 is 2.60 bits per heavy atom. The Morgan fingerprint density at radius 1 is 1.35 bits per heavy atom. The molecule has 1 aliphatic rings. The van der Waals surface area contributed by atoms with E-state index in [1.807, 2.05) is 6.07 Å². The summed E-state index contributed by atoms with van der Waals surface area (Å²) in [6.45, 7) is 2.77. The predicted octanol–water partition coefficient (Wildman–Crippen LogP) is 0.520. The molecule has 0 atom stereocenters. The molecule has 6 nitrogen and oxygen atoms in total. The van der Waals surface area contributed by atoms with Gasteiger partial charge in [0, 0.05) is 43.8 Å². The summed E-state index contributed by atoms with van der Waals surface area (Å²) in [5, 5.41) is 15.2. The molecule has 6 heteroatoms. The molecule has 1 amide bonds. The zero-order chi connectivity index (χ0) is 14.4. The number of hydrogen-bond donors (Lipinski definition) is 3. The number of piperazine rings is 1. The Balaban J connectivity index is 2.03. The van der Waals surface area contributed by atoms with E-state index in [0.29, 0.717) is 18.8 Å². The first-order chi connectivity index (χ1) is 9.70. The summed E-state index contributed by atoms with van der Waals surface area (Å²) in [4.78, 5) is 13.8. The lowest BCUT2D eigenvalue weighted by Gasteiger charge is -2.27. The van der Waals surface area contributed by atoms with Gasteiger partial charge in [0.05, 0.1) is 0 Å². The molecule has 0 radical (unpaired) electrons. The Bertz CT molecular complexity index is 538. The van der Waals surface area contributed by atoms with E-state index in [4.69, 9.17) is 11.0 Å². The van der Waals surface area contributed by atoms with Crippen LogP contribution in [-0.4, -0.2) is 37.0 Å². The zero-order valence-electron chi connectivity index (χ0n) is 11.1. The van der Waals surface area contributed by atoms with Crippen LogP contribution in [0.5, 0.6) is 0 Å². The van der Waals surface area contributed by atoms with E-state index in [1.54, 1.807) is 29.2 Å². The van der Waals surface area contributed by atoms with E-state index in [-0.39, 0.29) is 11.5 Å². The van der Waals surface area contributed by atoms with E-state index >= 15 is 0 Å². The third-order valence-corrected chi connectivity index (χ3v) is 3.05. The quantitative estimate of drug-likeness (QED) is 0.423. The summed E-state index contributed by atoms with van der Waals surface area (Å²) >= 11 is 0. The number of rotatable bonds is 3. The van der Waals surface area contributed by atoms with Crippen LogP contribution < -0.4 is 16.4 Å². The summed E-state index contributed by atoms with van der Waals surface area (Å²) in [6.07, 6.45) is 1.44. The number of nitrogens with zero attached hydrogens (tertiary/aromatic N) is 2. The maximum atomic E-state index is 12.2. The minimum atomic E-state index is -0.239. The van der Waals surface area contributed by atoms with Crippen molar-refractivity contribution >= 4 is 17.3 Å². The molecular formula is C14H17N5O. The third kappa shape index (κ3) is 3.49. The fourth-order valence-electron chi connectivity index (χ4n) is 1.91. The van der Waals surface area contributed by atoms with Crippen molar-refractivity contribution in [1.29, 1.82) is 5.26 Å². The molecule has 0 aliphatic carbocycles. The van der Waals surface area contributed by atoms with E-state index in [1.165, 1.54) is 6.20 Å². The zero-order valence-corrected chi connectivity index (χ0v) is 11.1. The van der Waals surface area contributed by atoms with Gasteiger partial charge in [-0.15, -0.1) is 0 Å². The molecule has 0 spiro atoms. The van der Waals surface area contributed by atoms with Crippen molar-refractivity contribution in [2.45, 2.75) is 0 Å². The van der Waals surface area contributed by atoms with Crippen molar-refractivity contribution in [1.82, 2.24) is 10.2 Å². The second-order valence-electron chi connectivity index (χ2n) is 4.48. The molecular weight excluding hydrogens is 254 g/mol. The SMILES string of the molecule is N#C/C(=C/Nc1ccc(N)cc1)C(=O)N1CCNCC1. The lowest BCUT2D eigenvalue weighted by molar-refractivity contribution is -0.127. The van der Waals surface area contributed by atoms with E-state index < -0.39 is 0 Å². The first-order valence-corrected chi connectivity index (χ1v) is 6.43. The Morgan fingerprint density at radius 2 is 2.00 bits per heavy atom. The van der Waals surface area contributed by atoms with Gasteiger partial charge in [-0.05, 0) is 24.3 Å². The molecule has 1 aromatic carbocycles. The number of benzene rings is 1. The third-order valence-electron chi connectivity index (χ3n) is 3.05. The molecule has 4 N–H and O–H groups in total. The van der Waals surface area contributed by atoms with Gasteiger partial charge in [-0.2, -0.15) is 5.26 Å². The molecule has 2 rings (SSSR count). The van der Waals surface area contributed by atoms with Crippen LogP contribution >= 0.6 is 0 Å². The van der Waals surface area contributed by atoms with Crippen LogP contribution in [0.15, 0.2) is 36.0 Å². The van der Waals surface area contributed by atoms with Gasteiger partial charge in [0.1, 0.15) is 11.6 Å². The van der Waals surface area contributed by atoms with Gasteiger partial charge in [-0.3, -0.25) is 4.79 Å². The highest BCUT2D eigenvalue weighted by Gasteiger charge is 2.19. The number of nitrogens with two attached hydrogens (primary N) is 1. The standard InChI is InChI=1S/C14H17N5O/c15-9-11(14(20)19-7-5-17-6-8-19)10-18-13-3-1-12(16)2-4-13/h1-4,10,17-18H,5-8,16H2/b11-10-. The van der Waals surface area contributed by atoms with Gasteiger partial charge < -0.3 is 21.3 Å². The number of nitrogens with one attached hydrogen (secondary N) is 2. The number of anilines is 2. The van der Waals surface area contributed by atoms with Gasteiger partial charge in [0.25, 0.3) is 5.91 Å². The smallest absolute Gasteiger partial charge is 0.266 e. The Hall–Kier alpha value is -2.52. The summed E-state index contributed by atoms with van der Waals surface area (Å²) in [5.74, 6) is -0.239. The highest BCUT2D eigenvalue weighted by Crippen LogP contribution is 2.11. The molecule has 104 valence electrons. The fraction of sp³-hybridized carbons (Fsp3) is 0.286. The van der Waals surface area contributed by atoms with Gasteiger partial charge in [-0.25, -0.2) is 0 Å². The maximum Gasteiger partial charge on any atom is 0.266 e. The molecule has 0 saturated carbocycles. The molecule has 0 bridgehead atoms. The van der Waals surface area contributed by atoms with E-state index in [0.717, 1.165) is 18.8 Å². The van der Waals surface area contributed by atoms with Crippen molar-refractivity contribution < 1.29 is 4.79 Å². The molecule has 1 heterocycles. The first kappa shape index (κ1) is 13.9. The average molecular weight is 271 g/mol. The second-order valence-corrected chi connectivity index (χ2v) is 4.48. The van der Waals surface area contributed by atoms with Crippen LogP contribution in [0, 0.1) is 11.3 Å². The number of amides is 1. The molecule has 1 aromatic rings. The largest absolute Gasteiger partial charge is 0.399 e. The number of nitrogen functional groups attached to an aromatic ring is 1. The number of carbonyl (C=O) groups is 1. The first-order valence-electron chi connectivity index (χ1n) is 6.43. The molecule has 1 saturated heterocycles. The lowest BCUT2D eigenvalue weighted by atomic mass is 10.2. The summed E-state index contributed by atoms with van der Waals surface area (Å²) < 4.78 is 0. The minimum absolute atomic E-state index is 0.101. The summed E-state index contributed by atoms with van der Waals surface area (Å²) in [6, 6.07) is 9.02. The normalized spacial score (nSPS) is 15.6. The number of nitriles is 1. The van der Waals surface area contributed by atoms with Crippen LogP contribution in [0.2, 0.25) is 0 Å². The average Bonchev–Trinajstić information content (AvgIpc) is 2.50. The van der Waals surface area contributed by atoms with E-state index in [2.05, 4.69) is 10.6 Å². The molecule has 1 fully saturated rings. The van der Waals surface area contributed by atoms with Gasteiger partial charge >= 0.3 is 0 Å². The lowest BCUT2D eigenvalue weighted by Crippen LogP contribution is -2.46. The van der Waals surface area contributed by atoms with Crippen LogP contribution in [0.3, 0.4) is 0 Å². The maximum absolute atomic E-state index is 12.2. The highest BCUT2D eigenvalue weighted by atomic mass is 16.2. The molecule has 0 aromatic heterocycles. The van der Waals surface area contributed by atoms with E-state index in [9.17, 15) is 4.79 Å². The monoisotopic (exact) mass is 271 g/mol. The topological polar surface area (TPSA) is 94.2 Å². The van der Waals surface area contributed by atoms with Crippen LogP contribution in [-0.2, 0) is 4.79 Å². The van der Waals surface area contributed by atoms with Crippen molar-refractivity contribution in [2.24, 2.45) is 0 Å². The predicted molar refractivity (Wildman–Crippen MR) is 77.6 cm³/mol. The van der Waals surface area contributed by atoms with Crippen LogP contribution in [0.25, 0.3) is 0 Å². The highest BCUT2D eigenvalue weighted by molar-refractivity contribution is 5.97. The Labute approximate surface area is 117 Å². The van der Waals surface area contributed by atoms with Crippen molar-refractivity contribution in [3.05, 3.63) is 36.0 Å². The van der Waals surface area contributed by atoms with Crippen LogP contribution in [0.4, 0.5) is 11.4 Å². The number of carbonyl (C=O) groups excluding carboxylic acids is 1. The minimum Gasteiger partial charge on any atom is -0.399 e. The summed E-state index contributed by atoms with van der Waals surface area (Å²) in [7, 11) is 0. The fourth-order valence-corrected chi connectivity index (χ4v) is 1.91. The van der Waals surface area contributed by atoms with Crippen molar-refractivity contribution in [3.63, 3.8) is 0 Å². The second kappa shape index (κ2) is 6.59. The molecule has 1 aliphatic heterocycles. The summed E-state index contributed by atoms with van der Waals surface area (Å²) in [5.41, 5.74) is 7.13. The van der Waals surface area contributed by atoms with Gasteiger partial charge in [-0.1, -0.05) is 0 Å². The van der Waals surface area contributed by atoms with Crippen molar-refractivity contribution in [3.8, 4) is 6.07 Å². The van der Waals surface area contributed by atoms with Gasteiger partial charge in [0.2, 0.25) is 0 Å². The van der Waals surface area contributed by atoms with Crippen molar-refractivity contribution in [2.75, 3.05) is 37.2 Å². The van der Waals surface area contributed by atoms with Crippen LogP contribution in [0.1, 0.15) is 0 Å².